The Morgan fingerprint density at radius 2 is 2.22 bits per heavy atom. The molecule has 3 heterocycles. The van der Waals surface area contributed by atoms with E-state index in [1.807, 2.05) is 12.1 Å². The molecule has 2 atom stereocenters. The lowest BCUT2D eigenvalue weighted by molar-refractivity contribution is -0.145. The van der Waals surface area contributed by atoms with Gasteiger partial charge in [-0.05, 0) is 37.3 Å². The van der Waals surface area contributed by atoms with Crippen molar-refractivity contribution >= 4 is 22.7 Å². The van der Waals surface area contributed by atoms with E-state index in [-0.39, 0.29) is 23.5 Å². The van der Waals surface area contributed by atoms with E-state index >= 15 is 0 Å². The van der Waals surface area contributed by atoms with Gasteiger partial charge < -0.3 is 14.6 Å². The summed E-state index contributed by atoms with van der Waals surface area (Å²) in [6, 6.07) is 5.57. The topological polar surface area (TPSA) is 75.3 Å². The first kappa shape index (κ1) is 14.2. The molecule has 0 spiro atoms. The second-order valence-corrected chi connectivity index (χ2v) is 6.36. The van der Waals surface area contributed by atoms with Crippen molar-refractivity contribution in [2.45, 2.75) is 25.3 Å². The fourth-order valence-corrected chi connectivity index (χ4v) is 3.83. The number of aromatic nitrogens is 2. The van der Waals surface area contributed by atoms with Crippen molar-refractivity contribution in [1.29, 1.82) is 0 Å². The summed E-state index contributed by atoms with van der Waals surface area (Å²) in [6.45, 7) is 0.758. The number of methoxy groups -OCH3 is 1. The summed E-state index contributed by atoms with van der Waals surface area (Å²) in [7, 11) is 1.45. The second-order valence-electron chi connectivity index (χ2n) is 6.36. The number of nitrogens with one attached hydrogen (secondary N) is 1. The molecule has 120 valence electrons. The number of aromatic amines is 1. The molecule has 6 heteroatoms. The van der Waals surface area contributed by atoms with Crippen LogP contribution in [0, 0.1) is 11.8 Å². The van der Waals surface area contributed by atoms with Crippen molar-refractivity contribution in [2.75, 3.05) is 18.6 Å². The Morgan fingerprint density at radius 3 is 2.96 bits per heavy atom. The summed E-state index contributed by atoms with van der Waals surface area (Å²) < 4.78 is 4.99. The Morgan fingerprint density at radius 1 is 1.39 bits per heavy atom. The number of carbonyl (C=O) groups is 1. The van der Waals surface area contributed by atoms with Crippen LogP contribution in [-0.4, -0.2) is 35.6 Å². The van der Waals surface area contributed by atoms with Gasteiger partial charge >= 0.3 is 5.97 Å². The first-order valence-corrected chi connectivity index (χ1v) is 8.01. The van der Waals surface area contributed by atoms with E-state index in [1.54, 1.807) is 12.3 Å². The Balaban J connectivity index is 1.81. The smallest absolute Gasteiger partial charge is 0.310 e. The van der Waals surface area contributed by atoms with Crippen molar-refractivity contribution in [3.05, 3.63) is 34.7 Å². The van der Waals surface area contributed by atoms with Crippen LogP contribution in [0.15, 0.2) is 29.2 Å². The average molecular weight is 313 g/mol. The van der Waals surface area contributed by atoms with Crippen LogP contribution in [0.4, 0.5) is 5.69 Å². The van der Waals surface area contributed by atoms with Gasteiger partial charge in [-0.15, -0.1) is 0 Å². The Labute approximate surface area is 133 Å². The third-order valence-electron chi connectivity index (χ3n) is 4.96. The summed E-state index contributed by atoms with van der Waals surface area (Å²) in [5.74, 6) is 0.253. The lowest BCUT2D eigenvalue weighted by Gasteiger charge is -2.30. The first-order chi connectivity index (χ1) is 11.2. The number of anilines is 1. The molecular formula is C17H19N3O3. The van der Waals surface area contributed by atoms with E-state index < -0.39 is 0 Å². The van der Waals surface area contributed by atoms with Crippen LogP contribution >= 0.6 is 0 Å². The van der Waals surface area contributed by atoms with Crippen molar-refractivity contribution in [3.63, 3.8) is 0 Å². The minimum Gasteiger partial charge on any atom is -0.469 e. The van der Waals surface area contributed by atoms with Gasteiger partial charge in [-0.1, -0.05) is 0 Å². The Kier molecular flexibility index (Phi) is 3.32. The molecule has 1 saturated heterocycles. The summed E-state index contributed by atoms with van der Waals surface area (Å²) in [5, 5.41) is 0.920. The van der Waals surface area contributed by atoms with Gasteiger partial charge in [0.1, 0.15) is 5.65 Å². The molecule has 2 fully saturated rings. The van der Waals surface area contributed by atoms with Gasteiger partial charge in [-0.2, -0.15) is 0 Å². The zero-order valence-electron chi connectivity index (χ0n) is 13.0. The summed E-state index contributed by atoms with van der Waals surface area (Å²) in [5.41, 5.74) is 1.30. The van der Waals surface area contributed by atoms with Crippen LogP contribution in [-0.2, 0) is 9.53 Å². The maximum atomic E-state index is 12.1. The lowest BCUT2D eigenvalue weighted by Crippen LogP contribution is -2.38. The number of hydrogen-bond donors (Lipinski definition) is 1. The highest BCUT2D eigenvalue weighted by molar-refractivity contribution is 5.90. The highest BCUT2D eigenvalue weighted by Crippen LogP contribution is 2.45. The van der Waals surface area contributed by atoms with E-state index in [4.69, 9.17) is 4.74 Å². The molecule has 2 aromatic rings. The molecule has 1 N–H and O–H groups in total. The number of esters is 1. The van der Waals surface area contributed by atoms with Gasteiger partial charge in [0, 0.05) is 30.2 Å². The van der Waals surface area contributed by atoms with Gasteiger partial charge in [0.05, 0.1) is 18.7 Å². The number of nitrogens with zero attached hydrogens (tertiary/aromatic N) is 2. The molecule has 4 rings (SSSR count). The summed E-state index contributed by atoms with van der Waals surface area (Å²) in [6.07, 6.45) is 4.70. The standard InChI is InChI=1S/C17H19N3O3/c1-23-17(22)12-6-8-20(15(12)10-4-5-10)13-9-14(21)19-16-11(13)3-2-7-18-16/h2-3,7,9-10,12,15H,4-6,8H2,1H3,(H,18,19,21)/t12-,15+/m1/s1. The monoisotopic (exact) mass is 313 g/mol. The Bertz CT molecular complexity index is 812. The first-order valence-electron chi connectivity index (χ1n) is 8.01. The lowest BCUT2D eigenvalue weighted by atomic mass is 9.96. The fraction of sp³-hybridized carbons (Fsp3) is 0.471. The number of pyridine rings is 2. The number of carbonyl (C=O) groups excluding carboxylic acids is 1. The van der Waals surface area contributed by atoms with Crippen LogP contribution in [0.1, 0.15) is 19.3 Å². The van der Waals surface area contributed by atoms with E-state index in [9.17, 15) is 9.59 Å². The van der Waals surface area contributed by atoms with Gasteiger partial charge in [0.25, 0.3) is 5.56 Å². The predicted octanol–water partition coefficient (Wildman–Crippen LogP) is 1.70. The van der Waals surface area contributed by atoms with Crippen LogP contribution in [0.3, 0.4) is 0 Å². The number of ether oxygens (including phenoxy) is 1. The summed E-state index contributed by atoms with van der Waals surface area (Å²) in [4.78, 5) is 33.4. The third kappa shape index (κ3) is 2.38. The number of H-pyrrole nitrogens is 1. The molecule has 1 aliphatic carbocycles. The molecule has 2 aromatic heterocycles. The van der Waals surface area contributed by atoms with Crippen LogP contribution in [0.2, 0.25) is 0 Å². The molecule has 0 amide bonds. The van der Waals surface area contributed by atoms with E-state index in [2.05, 4.69) is 14.9 Å². The van der Waals surface area contributed by atoms with Crippen molar-refractivity contribution in [3.8, 4) is 0 Å². The largest absolute Gasteiger partial charge is 0.469 e. The van der Waals surface area contributed by atoms with Crippen molar-refractivity contribution in [2.24, 2.45) is 11.8 Å². The van der Waals surface area contributed by atoms with Crippen molar-refractivity contribution in [1.82, 2.24) is 9.97 Å². The van der Waals surface area contributed by atoms with Crippen LogP contribution < -0.4 is 10.5 Å². The van der Waals surface area contributed by atoms with Gasteiger partial charge in [-0.25, -0.2) is 4.98 Å². The molecule has 23 heavy (non-hydrogen) atoms. The minimum absolute atomic E-state index is 0.112. The van der Waals surface area contributed by atoms with E-state index in [0.29, 0.717) is 11.6 Å². The highest BCUT2D eigenvalue weighted by Gasteiger charge is 2.48. The third-order valence-corrected chi connectivity index (χ3v) is 4.96. The van der Waals surface area contributed by atoms with Crippen molar-refractivity contribution < 1.29 is 9.53 Å². The quantitative estimate of drug-likeness (QED) is 0.873. The average Bonchev–Trinajstić information content (AvgIpc) is 3.31. The maximum absolute atomic E-state index is 12.1. The fourth-order valence-electron chi connectivity index (χ4n) is 3.83. The molecule has 0 unspecified atom stereocenters. The van der Waals surface area contributed by atoms with Crippen LogP contribution in [0.5, 0.6) is 0 Å². The number of fused-ring (bicyclic) bond motifs is 1. The normalized spacial score (nSPS) is 24.1. The molecule has 1 saturated carbocycles. The molecule has 0 aromatic carbocycles. The number of rotatable bonds is 3. The second kappa shape index (κ2) is 5.37. The number of hydrogen-bond acceptors (Lipinski definition) is 5. The zero-order chi connectivity index (χ0) is 16.0. The summed E-state index contributed by atoms with van der Waals surface area (Å²) >= 11 is 0. The van der Waals surface area contributed by atoms with Crippen LogP contribution in [0.25, 0.3) is 11.0 Å². The molecular weight excluding hydrogens is 294 g/mol. The van der Waals surface area contributed by atoms with Gasteiger partial charge in [0.2, 0.25) is 0 Å². The molecule has 1 aliphatic heterocycles. The van der Waals surface area contributed by atoms with E-state index in [0.717, 1.165) is 36.9 Å². The molecule has 2 aliphatic rings. The molecule has 6 nitrogen and oxygen atoms in total. The van der Waals surface area contributed by atoms with Gasteiger partial charge in [-0.3, -0.25) is 9.59 Å². The molecule has 0 bridgehead atoms. The van der Waals surface area contributed by atoms with Gasteiger partial charge in [0.15, 0.2) is 0 Å². The molecule has 0 radical (unpaired) electrons. The predicted molar refractivity (Wildman–Crippen MR) is 86.3 cm³/mol. The SMILES string of the molecule is COC(=O)[C@@H]1CCN(c2cc(=O)[nH]c3ncccc23)[C@H]1C1CC1. The Hall–Kier alpha value is -2.37. The highest BCUT2D eigenvalue weighted by atomic mass is 16.5. The minimum atomic E-state index is -0.165. The zero-order valence-corrected chi connectivity index (χ0v) is 13.0. The maximum Gasteiger partial charge on any atom is 0.310 e. The van der Waals surface area contributed by atoms with E-state index in [1.165, 1.54) is 7.11 Å².